The first-order valence-electron chi connectivity index (χ1n) is 7.77. The standard InChI is InChI=1S/C18H24FN3O/c1-12(2)9-18(4,20)11-23-17-16(19)8-15(10-22-17)14-5-6-21-13(3)7-14/h5-8,10,12H,9,11,20H2,1-4H3. The van der Waals surface area contributed by atoms with Gasteiger partial charge < -0.3 is 10.5 Å². The maximum Gasteiger partial charge on any atom is 0.250 e. The van der Waals surface area contributed by atoms with Crippen molar-refractivity contribution in [3.05, 3.63) is 42.1 Å². The molecule has 2 aromatic heterocycles. The van der Waals surface area contributed by atoms with Crippen LogP contribution in [-0.2, 0) is 0 Å². The topological polar surface area (TPSA) is 61.0 Å². The molecule has 4 nitrogen and oxygen atoms in total. The summed E-state index contributed by atoms with van der Waals surface area (Å²) in [5.74, 6) is -0.0546. The SMILES string of the molecule is Cc1cc(-c2cnc(OCC(C)(N)CC(C)C)c(F)c2)ccn1. The Labute approximate surface area is 136 Å². The van der Waals surface area contributed by atoms with E-state index < -0.39 is 11.4 Å². The zero-order valence-corrected chi connectivity index (χ0v) is 14.1. The van der Waals surface area contributed by atoms with Gasteiger partial charge in [-0.3, -0.25) is 4.98 Å². The van der Waals surface area contributed by atoms with Gasteiger partial charge in [0.25, 0.3) is 0 Å². The van der Waals surface area contributed by atoms with Crippen molar-refractivity contribution in [2.45, 2.75) is 39.7 Å². The summed E-state index contributed by atoms with van der Waals surface area (Å²) in [4.78, 5) is 8.23. The normalized spacial score (nSPS) is 13.9. The Morgan fingerprint density at radius 1 is 1.26 bits per heavy atom. The Bertz CT molecular complexity index is 671. The molecule has 0 aliphatic heterocycles. The van der Waals surface area contributed by atoms with Crippen LogP contribution < -0.4 is 10.5 Å². The highest BCUT2D eigenvalue weighted by atomic mass is 19.1. The van der Waals surface area contributed by atoms with Crippen molar-refractivity contribution in [1.29, 1.82) is 0 Å². The fourth-order valence-electron chi connectivity index (χ4n) is 2.64. The number of nitrogens with zero attached hydrogens (tertiary/aromatic N) is 2. The van der Waals surface area contributed by atoms with Crippen molar-refractivity contribution in [2.24, 2.45) is 11.7 Å². The summed E-state index contributed by atoms with van der Waals surface area (Å²) in [5, 5.41) is 0. The molecule has 0 bridgehead atoms. The largest absolute Gasteiger partial charge is 0.474 e. The number of aromatic nitrogens is 2. The maximum absolute atomic E-state index is 14.2. The van der Waals surface area contributed by atoms with Gasteiger partial charge in [0.2, 0.25) is 5.88 Å². The van der Waals surface area contributed by atoms with Crippen LogP contribution in [-0.4, -0.2) is 22.1 Å². The molecule has 5 heteroatoms. The molecular weight excluding hydrogens is 293 g/mol. The number of pyridine rings is 2. The Hall–Kier alpha value is -2.01. The van der Waals surface area contributed by atoms with Crippen molar-refractivity contribution in [3.63, 3.8) is 0 Å². The second-order valence-electron chi connectivity index (χ2n) is 6.74. The highest BCUT2D eigenvalue weighted by molar-refractivity contribution is 5.62. The van der Waals surface area contributed by atoms with Gasteiger partial charge in [-0.2, -0.15) is 0 Å². The third kappa shape index (κ3) is 4.99. The third-order valence-electron chi connectivity index (χ3n) is 3.45. The number of ether oxygens (including phenoxy) is 1. The van der Waals surface area contributed by atoms with Gasteiger partial charge in [-0.15, -0.1) is 0 Å². The molecule has 0 amide bonds. The summed E-state index contributed by atoms with van der Waals surface area (Å²) in [5.41, 5.74) is 8.10. The summed E-state index contributed by atoms with van der Waals surface area (Å²) in [6.07, 6.45) is 4.09. The molecule has 0 fully saturated rings. The van der Waals surface area contributed by atoms with Crippen LogP contribution in [0, 0.1) is 18.7 Å². The first-order chi connectivity index (χ1) is 10.8. The first kappa shape index (κ1) is 17.3. The van der Waals surface area contributed by atoms with Crippen molar-refractivity contribution >= 4 is 0 Å². The predicted octanol–water partition coefficient (Wildman–Crippen LogP) is 3.73. The fraction of sp³-hybridized carbons (Fsp3) is 0.444. The molecule has 0 aromatic carbocycles. The molecule has 0 radical (unpaired) electrons. The van der Waals surface area contributed by atoms with Crippen LogP contribution in [0.15, 0.2) is 30.6 Å². The highest BCUT2D eigenvalue weighted by Gasteiger charge is 2.22. The Morgan fingerprint density at radius 3 is 2.61 bits per heavy atom. The molecule has 0 aliphatic rings. The molecule has 2 N–H and O–H groups in total. The van der Waals surface area contributed by atoms with Crippen LogP contribution in [0.3, 0.4) is 0 Å². The van der Waals surface area contributed by atoms with Crippen molar-refractivity contribution in [3.8, 4) is 17.0 Å². The predicted molar refractivity (Wildman–Crippen MR) is 89.7 cm³/mol. The Morgan fingerprint density at radius 2 is 2.00 bits per heavy atom. The van der Waals surface area contributed by atoms with E-state index >= 15 is 0 Å². The van der Waals surface area contributed by atoms with Crippen LogP contribution in [0.25, 0.3) is 11.1 Å². The lowest BCUT2D eigenvalue weighted by Gasteiger charge is -2.26. The first-order valence-corrected chi connectivity index (χ1v) is 7.77. The summed E-state index contributed by atoms with van der Waals surface area (Å²) in [6.45, 7) is 8.20. The average Bonchev–Trinajstić information content (AvgIpc) is 2.44. The zero-order chi connectivity index (χ0) is 17.0. The minimum absolute atomic E-state index is 0.0139. The smallest absolute Gasteiger partial charge is 0.250 e. The average molecular weight is 317 g/mol. The molecule has 2 rings (SSSR count). The monoisotopic (exact) mass is 317 g/mol. The van der Waals surface area contributed by atoms with E-state index in [1.165, 1.54) is 6.07 Å². The fourth-order valence-corrected chi connectivity index (χ4v) is 2.64. The number of halogens is 1. The molecule has 0 aliphatic carbocycles. The molecule has 124 valence electrons. The number of rotatable bonds is 6. The van der Waals surface area contributed by atoms with E-state index in [1.807, 2.05) is 26.0 Å². The van der Waals surface area contributed by atoms with Gasteiger partial charge in [0.05, 0.1) is 0 Å². The van der Waals surface area contributed by atoms with E-state index in [-0.39, 0.29) is 12.5 Å². The van der Waals surface area contributed by atoms with E-state index in [0.717, 1.165) is 17.7 Å². The molecule has 0 spiro atoms. The summed E-state index contributed by atoms with van der Waals surface area (Å²) in [6, 6.07) is 5.13. The lowest BCUT2D eigenvalue weighted by molar-refractivity contribution is 0.193. The van der Waals surface area contributed by atoms with Crippen LogP contribution >= 0.6 is 0 Å². The van der Waals surface area contributed by atoms with Gasteiger partial charge in [-0.1, -0.05) is 13.8 Å². The van der Waals surface area contributed by atoms with Gasteiger partial charge in [-0.25, -0.2) is 9.37 Å². The van der Waals surface area contributed by atoms with Gasteiger partial charge in [0.15, 0.2) is 5.82 Å². The number of hydrogen-bond donors (Lipinski definition) is 1. The minimum atomic E-state index is -0.511. The summed E-state index contributed by atoms with van der Waals surface area (Å²) in [7, 11) is 0. The van der Waals surface area contributed by atoms with Gasteiger partial charge in [0.1, 0.15) is 6.61 Å². The molecule has 23 heavy (non-hydrogen) atoms. The van der Waals surface area contributed by atoms with Crippen molar-refractivity contribution < 1.29 is 9.13 Å². The van der Waals surface area contributed by atoms with E-state index in [4.69, 9.17) is 10.5 Å². The number of nitrogens with two attached hydrogens (primary N) is 1. The van der Waals surface area contributed by atoms with Gasteiger partial charge >= 0.3 is 0 Å². The third-order valence-corrected chi connectivity index (χ3v) is 3.45. The lowest BCUT2D eigenvalue weighted by Crippen LogP contribution is -2.43. The number of hydrogen-bond acceptors (Lipinski definition) is 4. The molecule has 2 aromatic rings. The number of aryl methyl sites for hydroxylation is 1. The van der Waals surface area contributed by atoms with Crippen LogP contribution in [0.2, 0.25) is 0 Å². The summed E-state index contributed by atoms with van der Waals surface area (Å²) >= 11 is 0. The van der Waals surface area contributed by atoms with E-state index in [2.05, 4.69) is 23.8 Å². The van der Waals surface area contributed by atoms with Crippen LogP contribution in [0.1, 0.15) is 32.9 Å². The summed E-state index contributed by atoms with van der Waals surface area (Å²) < 4.78 is 19.7. The van der Waals surface area contributed by atoms with E-state index in [9.17, 15) is 4.39 Å². The van der Waals surface area contributed by atoms with Crippen molar-refractivity contribution in [1.82, 2.24) is 9.97 Å². The maximum atomic E-state index is 14.2. The minimum Gasteiger partial charge on any atom is -0.474 e. The Kier molecular flexibility index (Phi) is 5.31. The molecule has 0 saturated heterocycles. The van der Waals surface area contributed by atoms with Gasteiger partial charge in [-0.05, 0) is 49.9 Å². The van der Waals surface area contributed by atoms with Crippen LogP contribution in [0.5, 0.6) is 5.88 Å². The van der Waals surface area contributed by atoms with Crippen LogP contribution in [0.4, 0.5) is 4.39 Å². The van der Waals surface area contributed by atoms with Gasteiger partial charge in [0, 0.05) is 29.2 Å². The molecule has 1 unspecified atom stereocenters. The second-order valence-corrected chi connectivity index (χ2v) is 6.74. The zero-order valence-electron chi connectivity index (χ0n) is 14.1. The lowest BCUT2D eigenvalue weighted by atomic mass is 9.93. The second kappa shape index (κ2) is 7.04. The molecule has 1 atom stereocenters. The molecular formula is C18H24FN3O. The van der Waals surface area contributed by atoms with E-state index in [1.54, 1.807) is 12.4 Å². The highest BCUT2D eigenvalue weighted by Crippen LogP contribution is 2.24. The van der Waals surface area contributed by atoms with E-state index in [0.29, 0.717) is 11.5 Å². The molecule has 0 saturated carbocycles. The molecule has 2 heterocycles. The quantitative estimate of drug-likeness (QED) is 0.882. The van der Waals surface area contributed by atoms with Crippen molar-refractivity contribution in [2.75, 3.05) is 6.61 Å². The Balaban J connectivity index is 2.11.